The summed E-state index contributed by atoms with van der Waals surface area (Å²) in [5.41, 5.74) is -0.644. The monoisotopic (exact) mass is 275 g/mol. The van der Waals surface area contributed by atoms with Gasteiger partial charge in [-0.3, -0.25) is 9.69 Å². The summed E-state index contributed by atoms with van der Waals surface area (Å²) in [7, 11) is -3.07. The van der Waals surface area contributed by atoms with Crippen molar-refractivity contribution in [2.24, 2.45) is 0 Å². The fourth-order valence-corrected chi connectivity index (χ4v) is 5.31. The topological polar surface area (TPSA) is 74.7 Å². The van der Waals surface area contributed by atoms with Crippen LogP contribution in [0.2, 0.25) is 0 Å². The lowest BCUT2D eigenvalue weighted by atomic mass is 9.92. The predicted octanol–water partition coefficient (Wildman–Crippen LogP) is 0.894. The number of aliphatic carboxylic acids is 1. The van der Waals surface area contributed by atoms with Crippen LogP contribution in [0.4, 0.5) is 0 Å². The molecule has 1 atom stereocenters. The zero-order valence-electron chi connectivity index (χ0n) is 10.6. The van der Waals surface area contributed by atoms with E-state index in [9.17, 15) is 13.2 Å². The van der Waals surface area contributed by atoms with Crippen LogP contribution in [0.3, 0.4) is 0 Å². The van der Waals surface area contributed by atoms with Crippen LogP contribution in [0.1, 0.15) is 38.5 Å². The molecule has 0 radical (unpaired) electrons. The van der Waals surface area contributed by atoms with E-state index in [1.54, 1.807) is 0 Å². The minimum atomic E-state index is -3.07. The van der Waals surface area contributed by atoms with Crippen LogP contribution in [0.25, 0.3) is 0 Å². The van der Waals surface area contributed by atoms with Crippen LogP contribution in [-0.2, 0) is 14.6 Å². The highest BCUT2D eigenvalue weighted by molar-refractivity contribution is 7.91. The number of hydrogen-bond acceptors (Lipinski definition) is 4. The molecule has 6 heteroatoms. The third-order valence-corrected chi connectivity index (χ3v) is 5.93. The van der Waals surface area contributed by atoms with Gasteiger partial charge in [0.2, 0.25) is 0 Å². The smallest absolute Gasteiger partial charge is 0.305 e. The first-order chi connectivity index (χ1) is 8.44. The van der Waals surface area contributed by atoms with Gasteiger partial charge >= 0.3 is 5.97 Å². The fraction of sp³-hybridized carbons (Fsp3) is 0.917. The summed E-state index contributed by atoms with van der Waals surface area (Å²) in [6.07, 6.45) is 4.83. The van der Waals surface area contributed by atoms with Crippen molar-refractivity contribution in [3.05, 3.63) is 0 Å². The second-order valence-corrected chi connectivity index (χ2v) is 7.72. The molecular formula is C12H21NO4S. The van der Waals surface area contributed by atoms with E-state index in [1.807, 2.05) is 0 Å². The molecule has 1 unspecified atom stereocenters. The van der Waals surface area contributed by atoms with E-state index in [-0.39, 0.29) is 17.9 Å². The molecule has 0 amide bonds. The van der Waals surface area contributed by atoms with Crippen LogP contribution in [0.15, 0.2) is 0 Å². The molecule has 2 rings (SSSR count). The molecule has 2 aliphatic rings. The summed E-state index contributed by atoms with van der Waals surface area (Å²) >= 11 is 0. The normalized spacial score (nSPS) is 33.1. The maximum Gasteiger partial charge on any atom is 0.305 e. The number of nitrogens with zero attached hydrogens (tertiary/aromatic N) is 1. The largest absolute Gasteiger partial charge is 0.481 e. The zero-order valence-corrected chi connectivity index (χ0v) is 11.4. The highest BCUT2D eigenvalue weighted by atomic mass is 32.2. The van der Waals surface area contributed by atoms with Crippen LogP contribution >= 0.6 is 0 Å². The molecule has 0 saturated carbocycles. The Kier molecular flexibility index (Phi) is 3.96. The van der Waals surface area contributed by atoms with E-state index in [0.29, 0.717) is 6.42 Å². The fourth-order valence-electron chi connectivity index (χ4n) is 3.23. The highest BCUT2D eigenvalue weighted by Crippen LogP contribution is 2.34. The molecule has 104 valence electrons. The Morgan fingerprint density at radius 3 is 2.22 bits per heavy atom. The summed E-state index contributed by atoms with van der Waals surface area (Å²) in [5.74, 6) is -0.736. The molecule has 2 aliphatic heterocycles. The van der Waals surface area contributed by atoms with Gasteiger partial charge in [-0.1, -0.05) is 12.8 Å². The lowest BCUT2D eigenvalue weighted by Gasteiger charge is -2.39. The number of likely N-dealkylation sites (tertiary alicyclic amines) is 1. The van der Waals surface area contributed by atoms with Gasteiger partial charge in [0.05, 0.1) is 17.9 Å². The molecule has 0 aliphatic carbocycles. The van der Waals surface area contributed by atoms with Crippen molar-refractivity contribution in [3.8, 4) is 0 Å². The van der Waals surface area contributed by atoms with Crippen LogP contribution < -0.4 is 0 Å². The van der Waals surface area contributed by atoms with E-state index in [1.165, 1.54) is 0 Å². The van der Waals surface area contributed by atoms with Crippen molar-refractivity contribution < 1.29 is 18.3 Å². The first-order valence-electron chi connectivity index (χ1n) is 6.61. The van der Waals surface area contributed by atoms with Crippen molar-refractivity contribution >= 4 is 15.8 Å². The number of carboxylic acid groups (broad SMARTS) is 1. The minimum Gasteiger partial charge on any atom is -0.481 e. The van der Waals surface area contributed by atoms with Gasteiger partial charge < -0.3 is 5.11 Å². The number of hydrogen-bond donors (Lipinski definition) is 1. The van der Waals surface area contributed by atoms with Gasteiger partial charge in [-0.15, -0.1) is 0 Å². The molecule has 1 N–H and O–H groups in total. The Hall–Kier alpha value is -0.620. The maximum atomic E-state index is 11.7. The van der Waals surface area contributed by atoms with E-state index in [0.717, 1.165) is 38.8 Å². The SMILES string of the molecule is O=C(O)CC1(N2CCCCCC2)CCS(=O)(=O)C1. The number of carbonyl (C=O) groups is 1. The van der Waals surface area contributed by atoms with Gasteiger partial charge in [0.25, 0.3) is 0 Å². The standard InChI is InChI=1S/C12H21NO4S/c14-11(15)9-12(5-8-18(16,17)10-12)13-6-3-1-2-4-7-13/h1-10H2,(H,14,15). The lowest BCUT2D eigenvalue weighted by Crippen LogP contribution is -2.51. The maximum absolute atomic E-state index is 11.7. The summed E-state index contributed by atoms with van der Waals surface area (Å²) in [5, 5.41) is 9.09. The molecule has 18 heavy (non-hydrogen) atoms. The van der Waals surface area contributed by atoms with Gasteiger partial charge in [-0.2, -0.15) is 0 Å². The Morgan fingerprint density at radius 2 is 1.78 bits per heavy atom. The molecule has 5 nitrogen and oxygen atoms in total. The average molecular weight is 275 g/mol. The van der Waals surface area contributed by atoms with Crippen molar-refractivity contribution in [2.45, 2.75) is 44.1 Å². The van der Waals surface area contributed by atoms with E-state index < -0.39 is 21.3 Å². The van der Waals surface area contributed by atoms with Gasteiger partial charge in [0, 0.05) is 5.54 Å². The van der Waals surface area contributed by atoms with Gasteiger partial charge in [0.1, 0.15) is 0 Å². The minimum absolute atomic E-state index is 0.0201. The van der Waals surface area contributed by atoms with Crippen molar-refractivity contribution in [3.63, 3.8) is 0 Å². The van der Waals surface area contributed by atoms with Crippen molar-refractivity contribution in [2.75, 3.05) is 24.6 Å². The lowest BCUT2D eigenvalue weighted by molar-refractivity contribution is -0.140. The zero-order chi connectivity index (χ0) is 13.2. The Labute approximate surface area is 108 Å². The van der Waals surface area contributed by atoms with Crippen LogP contribution in [0, 0.1) is 0 Å². The molecule has 0 aromatic carbocycles. The molecule has 0 bridgehead atoms. The molecule has 2 heterocycles. The van der Waals surface area contributed by atoms with Crippen LogP contribution in [0.5, 0.6) is 0 Å². The molecule has 0 aromatic heterocycles. The van der Waals surface area contributed by atoms with Gasteiger partial charge in [-0.25, -0.2) is 8.42 Å². The second kappa shape index (κ2) is 5.17. The van der Waals surface area contributed by atoms with Crippen molar-refractivity contribution in [1.29, 1.82) is 0 Å². The third kappa shape index (κ3) is 3.03. The van der Waals surface area contributed by atoms with Gasteiger partial charge in [-0.05, 0) is 32.4 Å². The predicted molar refractivity (Wildman–Crippen MR) is 68.3 cm³/mol. The molecule has 2 fully saturated rings. The second-order valence-electron chi connectivity index (χ2n) is 5.54. The number of rotatable bonds is 3. The molecule has 0 spiro atoms. The first-order valence-corrected chi connectivity index (χ1v) is 8.43. The quantitative estimate of drug-likeness (QED) is 0.828. The van der Waals surface area contributed by atoms with Crippen LogP contribution in [-0.4, -0.2) is 54.5 Å². The van der Waals surface area contributed by atoms with E-state index >= 15 is 0 Å². The van der Waals surface area contributed by atoms with Gasteiger partial charge in [0.15, 0.2) is 9.84 Å². The Morgan fingerprint density at radius 1 is 1.17 bits per heavy atom. The van der Waals surface area contributed by atoms with E-state index in [2.05, 4.69) is 4.90 Å². The number of sulfone groups is 1. The molecular weight excluding hydrogens is 254 g/mol. The first kappa shape index (κ1) is 13.8. The Bertz CT molecular complexity index is 412. The molecule has 0 aromatic rings. The third-order valence-electron chi connectivity index (χ3n) is 4.12. The Balaban J connectivity index is 2.21. The van der Waals surface area contributed by atoms with Crippen molar-refractivity contribution in [1.82, 2.24) is 4.90 Å². The average Bonchev–Trinajstić information content (AvgIpc) is 2.50. The number of carboxylic acids is 1. The summed E-state index contributed by atoms with van der Waals surface area (Å²) in [6, 6.07) is 0. The highest BCUT2D eigenvalue weighted by Gasteiger charge is 2.47. The molecule has 2 saturated heterocycles. The summed E-state index contributed by atoms with van der Waals surface area (Å²) in [4.78, 5) is 13.2. The summed E-state index contributed by atoms with van der Waals surface area (Å²) in [6.45, 7) is 1.67. The van der Waals surface area contributed by atoms with E-state index in [4.69, 9.17) is 5.11 Å². The summed E-state index contributed by atoms with van der Waals surface area (Å²) < 4.78 is 23.5.